The van der Waals surface area contributed by atoms with Crippen LogP contribution in [0.5, 0.6) is 0 Å². The Kier molecular flexibility index (Phi) is 7.14. The maximum atomic E-state index is 12.8. The van der Waals surface area contributed by atoms with Gasteiger partial charge in [-0.05, 0) is 48.2 Å². The van der Waals surface area contributed by atoms with Gasteiger partial charge in [-0.3, -0.25) is 9.59 Å². The molecule has 1 aliphatic heterocycles. The zero-order valence-electron chi connectivity index (χ0n) is 15.6. The Bertz CT molecular complexity index is 892. The van der Waals surface area contributed by atoms with E-state index in [9.17, 15) is 19.8 Å². The van der Waals surface area contributed by atoms with E-state index in [1.165, 1.54) is 4.90 Å². The number of halogens is 2. The first-order valence-corrected chi connectivity index (χ1v) is 10.1. The quantitative estimate of drug-likeness (QED) is 0.649. The normalized spacial score (nSPS) is 18.3. The lowest BCUT2D eigenvalue weighted by Gasteiger charge is -2.28. The third-order valence-corrected chi connectivity index (χ3v) is 5.42. The van der Waals surface area contributed by atoms with Crippen LogP contribution in [0.3, 0.4) is 0 Å². The molecule has 0 saturated carbocycles. The summed E-state index contributed by atoms with van der Waals surface area (Å²) in [5.41, 5.74) is 1.59. The van der Waals surface area contributed by atoms with Gasteiger partial charge in [0.2, 0.25) is 0 Å². The maximum Gasteiger partial charge on any atom is 0.255 e. The summed E-state index contributed by atoms with van der Waals surface area (Å²) in [6.07, 6.45) is -2.25. The van der Waals surface area contributed by atoms with Crippen molar-refractivity contribution in [3.63, 3.8) is 0 Å². The minimum atomic E-state index is -1.87. The summed E-state index contributed by atoms with van der Waals surface area (Å²) < 4.78 is 0. The third-order valence-electron chi connectivity index (χ3n) is 4.95. The molecule has 2 aromatic carbocycles. The summed E-state index contributed by atoms with van der Waals surface area (Å²) >= 11 is 11.9. The molecule has 2 amide bonds. The summed E-state index contributed by atoms with van der Waals surface area (Å²) in [4.78, 5) is 26.5. The molecular weight excluding hydrogens is 415 g/mol. The molecule has 0 aliphatic carbocycles. The van der Waals surface area contributed by atoms with Gasteiger partial charge in [0, 0.05) is 23.1 Å². The van der Waals surface area contributed by atoms with E-state index in [0.717, 1.165) is 24.0 Å². The molecule has 1 saturated heterocycles. The van der Waals surface area contributed by atoms with Crippen molar-refractivity contribution in [2.75, 3.05) is 6.54 Å². The predicted molar refractivity (Wildman–Crippen MR) is 110 cm³/mol. The molecule has 3 rings (SSSR count). The monoisotopic (exact) mass is 436 g/mol. The van der Waals surface area contributed by atoms with Crippen LogP contribution in [0.15, 0.2) is 48.5 Å². The third kappa shape index (κ3) is 5.28. The highest BCUT2D eigenvalue weighted by molar-refractivity contribution is 6.30. The van der Waals surface area contributed by atoms with Crippen LogP contribution in [0.1, 0.15) is 30.0 Å². The van der Waals surface area contributed by atoms with Crippen molar-refractivity contribution >= 4 is 35.0 Å². The standard InChI is InChI=1S/C21H22Cl2N2O4/c22-15-6-1-4-13(10-15)12-24-20(28)18(26)19(27)21(29)25-9-3-8-17(25)14-5-2-7-16(23)11-14/h1-2,4-7,10-11,17-19,26-27H,3,8-9,12H2,(H,24,28)/t17?,18-,19-/m1/s1. The fourth-order valence-electron chi connectivity index (χ4n) is 3.48. The van der Waals surface area contributed by atoms with Crippen LogP contribution >= 0.6 is 23.2 Å². The van der Waals surface area contributed by atoms with Crippen molar-refractivity contribution in [1.29, 1.82) is 0 Å². The zero-order chi connectivity index (χ0) is 21.0. The molecule has 1 fully saturated rings. The van der Waals surface area contributed by atoms with E-state index < -0.39 is 24.0 Å². The minimum Gasteiger partial charge on any atom is -0.380 e. The van der Waals surface area contributed by atoms with E-state index in [4.69, 9.17) is 23.2 Å². The van der Waals surface area contributed by atoms with Gasteiger partial charge in [-0.15, -0.1) is 0 Å². The Morgan fingerprint density at radius 3 is 2.45 bits per heavy atom. The Morgan fingerprint density at radius 2 is 1.76 bits per heavy atom. The Labute approximate surface area is 179 Å². The lowest BCUT2D eigenvalue weighted by molar-refractivity contribution is -0.153. The van der Waals surface area contributed by atoms with E-state index >= 15 is 0 Å². The van der Waals surface area contributed by atoms with E-state index in [1.54, 1.807) is 42.5 Å². The molecular formula is C21H22Cl2N2O4. The first-order valence-electron chi connectivity index (χ1n) is 9.31. The Balaban J connectivity index is 1.62. The predicted octanol–water partition coefficient (Wildman–Crippen LogP) is 2.70. The largest absolute Gasteiger partial charge is 0.380 e. The van der Waals surface area contributed by atoms with Crippen LogP contribution in [-0.4, -0.2) is 45.7 Å². The highest BCUT2D eigenvalue weighted by Crippen LogP contribution is 2.33. The topological polar surface area (TPSA) is 89.9 Å². The number of carbonyl (C=O) groups excluding carboxylic acids is 2. The van der Waals surface area contributed by atoms with Crippen molar-refractivity contribution in [2.24, 2.45) is 0 Å². The van der Waals surface area contributed by atoms with Crippen LogP contribution < -0.4 is 5.32 Å². The van der Waals surface area contributed by atoms with E-state index in [1.807, 2.05) is 6.07 Å². The van der Waals surface area contributed by atoms with Gasteiger partial charge < -0.3 is 20.4 Å². The van der Waals surface area contributed by atoms with Gasteiger partial charge in [0.15, 0.2) is 12.2 Å². The van der Waals surface area contributed by atoms with Crippen LogP contribution in [0.2, 0.25) is 10.0 Å². The lowest BCUT2D eigenvalue weighted by Crippen LogP contribution is -2.50. The van der Waals surface area contributed by atoms with E-state index in [-0.39, 0.29) is 12.6 Å². The summed E-state index contributed by atoms with van der Waals surface area (Å²) in [7, 11) is 0. The number of aliphatic hydroxyl groups excluding tert-OH is 2. The van der Waals surface area contributed by atoms with E-state index in [0.29, 0.717) is 16.6 Å². The Hall–Kier alpha value is -2.12. The van der Waals surface area contributed by atoms with E-state index in [2.05, 4.69) is 5.32 Å². The number of amides is 2. The molecule has 1 unspecified atom stereocenters. The second-order valence-electron chi connectivity index (χ2n) is 6.98. The smallest absolute Gasteiger partial charge is 0.255 e. The summed E-state index contributed by atoms with van der Waals surface area (Å²) in [5, 5.41) is 24.1. The molecule has 8 heteroatoms. The van der Waals surface area contributed by atoms with Crippen LogP contribution in [0.4, 0.5) is 0 Å². The second kappa shape index (κ2) is 9.59. The average molecular weight is 437 g/mol. The number of likely N-dealkylation sites (tertiary alicyclic amines) is 1. The highest BCUT2D eigenvalue weighted by Gasteiger charge is 2.38. The number of benzene rings is 2. The first kappa shape index (κ1) is 21.6. The SMILES string of the molecule is O=C(NCc1cccc(Cl)c1)[C@H](O)[C@@H](O)C(=O)N1CCCC1c1cccc(Cl)c1. The molecule has 3 N–H and O–H groups in total. The Morgan fingerprint density at radius 1 is 1.07 bits per heavy atom. The van der Waals surface area contributed by atoms with Gasteiger partial charge in [-0.25, -0.2) is 0 Å². The van der Waals surface area contributed by atoms with Crippen molar-refractivity contribution in [3.8, 4) is 0 Å². The number of hydrogen-bond donors (Lipinski definition) is 3. The van der Waals surface area contributed by atoms with Crippen LogP contribution in [0.25, 0.3) is 0 Å². The van der Waals surface area contributed by atoms with Crippen molar-refractivity contribution < 1.29 is 19.8 Å². The number of carbonyl (C=O) groups is 2. The maximum absolute atomic E-state index is 12.8. The van der Waals surface area contributed by atoms with Gasteiger partial charge in [0.25, 0.3) is 11.8 Å². The number of rotatable bonds is 6. The molecule has 0 aromatic heterocycles. The van der Waals surface area contributed by atoms with Gasteiger partial charge in [-0.2, -0.15) is 0 Å². The van der Waals surface area contributed by atoms with Gasteiger partial charge in [-0.1, -0.05) is 47.5 Å². The molecule has 3 atom stereocenters. The van der Waals surface area contributed by atoms with Crippen molar-refractivity contribution in [3.05, 3.63) is 69.7 Å². The molecule has 1 aliphatic rings. The van der Waals surface area contributed by atoms with Crippen LogP contribution in [0, 0.1) is 0 Å². The number of nitrogens with zero attached hydrogens (tertiary/aromatic N) is 1. The van der Waals surface area contributed by atoms with Crippen molar-refractivity contribution in [2.45, 2.75) is 37.6 Å². The molecule has 0 bridgehead atoms. The molecule has 1 heterocycles. The number of hydrogen-bond acceptors (Lipinski definition) is 4. The van der Waals surface area contributed by atoms with Gasteiger partial charge in [0.1, 0.15) is 0 Å². The van der Waals surface area contributed by atoms with Gasteiger partial charge >= 0.3 is 0 Å². The summed E-state index contributed by atoms with van der Waals surface area (Å²) in [5.74, 6) is -1.51. The molecule has 0 spiro atoms. The second-order valence-corrected chi connectivity index (χ2v) is 7.85. The summed E-state index contributed by atoms with van der Waals surface area (Å²) in [6, 6.07) is 13.8. The summed E-state index contributed by atoms with van der Waals surface area (Å²) in [6.45, 7) is 0.552. The molecule has 6 nitrogen and oxygen atoms in total. The average Bonchev–Trinajstić information content (AvgIpc) is 3.20. The molecule has 0 radical (unpaired) electrons. The fraction of sp³-hybridized carbons (Fsp3) is 0.333. The number of nitrogens with one attached hydrogen (secondary N) is 1. The fourth-order valence-corrected chi connectivity index (χ4v) is 3.89. The zero-order valence-corrected chi connectivity index (χ0v) is 17.1. The molecule has 154 valence electrons. The lowest BCUT2D eigenvalue weighted by atomic mass is 10.0. The number of aliphatic hydroxyl groups is 2. The minimum absolute atomic E-state index is 0.117. The molecule has 29 heavy (non-hydrogen) atoms. The molecule has 2 aromatic rings. The van der Waals surface area contributed by atoms with Crippen LogP contribution in [-0.2, 0) is 16.1 Å². The van der Waals surface area contributed by atoms with Gasteiger partial charge in [0.05, 0.1) is 6.04 Å². The first-order chi connectivity index (χ1) is 13.9. The van der Waals surface area contributed by atoms with Crippen molar-refractivity contribution in [1.82, 2.24) is 10.2 Å². The highest BCUT2D eigenvalue weighted by atomic mass is 35.5.